The Morgan fingerprint density at radius 3 is 2.74 bits per heavy atom. The molecule has 1 aromatic heterocycles. The Morgan fingerprint density at radius 2 is 2.16 bits per heavy atom. The number of anilines is 1. The van der Waals surface area contributed by atoms with Gasteiger partial charge >= 0.3 is 5.97 Å². The van der Waals surface area contributed by atoms with Crippen molar-refractivity contribution in [2.24, 2.45) is 0 Å². The van der Waals surface area contributed by atoms with Crippen LogP contribution in [0, 0.1) is 0 Å². The number of rotatable bonds is 4. The number of nitrogens with zero attached hydrogens (tertiary/aromatic N) is 1. The molecule has 1 aromatic carbocycles. The molecule has 0 fully saturated rings. The number of carboxylic acids is 1. The fourth-order valence-corrected chi connectivity index (χ4v) is 3.01. The number of nitrogens with two attached hydrogens (primary N) is 1. The van der Waals surface area contributed by atoms with Gasteiger partial charge in [-0.05, 0) is 29.8 Å². The molecule has 0 saturated carbocycles. The van der Waals surface area contributed by atoms with Gasteiger partial charge in [0.25, 0.3) is 0 Å². The number of hydrogen-bond donors (Lipinski definition) is 2. The fourth-order valence-electron chi connectivity index (χ4n) is 1.44. The van der Waals surface area contributed by atoms with E-state index in [1.165, 1.54) is 0 Å². The van der Waals surface area contributed by atoms with Crippen molar-refractivity contribution >= 4 is 39.5 Å². The van der Waals surface area contributed by atoms with Crippen LogP contribution in [0.5, 0.6) is 0 Å². The summed E-state index contributed by atoms with van der Waals surface area (Å²) in [6, 6.07) is 8.69. The zero-order chi connectivity index (χ0) is 13.8. The topological polar surface area (TPSA) is 76.2 Å². The van der Waals surface area contributed by atoms with E-state index in [2.05, 4.69) is 20.9 Å². The van der Waals surface area contributed by atoms with Crippen LogP contribution in [0.1, 0.15) is 15.9 Å². The number of aromatic nitrogens is 1. The molecule has 1 heterocycles. The van der Waals surface area contributed by atoms with Crippen LogP contribution in [-0.4, -0.2) is 16.1 Å². The molecule has 0 aliphatic carbocycles. The van der Waals surface area contributed by atoms with Crippen LogP contribution in [0.2, 0.25) is 0 Å². The molecule has 0 radical (unpaired) electrons. The summed E-state index contributed by atoms with van der Waals surface area (Å²) in [6.07, 6.45) is 1.72. The van der Waals surface area contributed by atoms with Crippen LogP contribution in [0.25, 0.3) is 0 Å². The monoisotopic (exact) mass is 338 g/mol. The van der Waals surface area contributed by atoms with E-state index in [1.807, 2.05) is 12.1 Å². The van der Waals surface area contributed by atoms with Crippen LogP contribution >= 0.6 is 27.7 Å². The molecule has 3 N–H and O–H groups in total. The molecule has 19 heavy (non-hydrogen) atoms. The molecule has 2 aromatic rings. The lowest BCUT2D eigenvalue weighted by atomic mass is 10.1. The van der Waals surface area contributed by atoms with Gasteiger partial charge in [-0.1, -0.05) is 22.0 Å². The summed E-state index contributed by atoms with van der Waals surface area (Å²) in [6.45, 7) is 0. The van der Waals surface area contributed by atoms with Crippen molar-refractivity contribution in [2.75, 3.05) is 5.73 Å². The molecule has 0 atom stereocenters. The maximum Gasteiger partial charge on any atom is 0.335 e. The molecule has 6 heteroatoms. The number of thioether (sulfide) groups is 1. The molecular weight excluding hydrogens is 328 g/mol. The van der Waals surface area contributed by atoms with Gasteiger partial charge in [0, 0.05) is 21.3 Å². The van der Waals surface area contributed by atoms with Crippen molar-refractivity contribution in [2.45, 2.75) is 10.6 Å². The minimum absolute atomic E-state index is 0.273. The van der Waals surface area contributed by atoms with Gasteiger partial charge in [-0.3, -0.25) is 0 Å². The lowest BCUT2D eigenvalue weighted by Crippen LogP contribution is -1.97. The molecule has 2 rings (SSSR count). The Labute approximate surface area is 123 Å². The first-order chi connectivity index (χ1) is 9.06. The number of carboxylic acid groups (broad SMARTS) is 1. The van der Waals surface area contributed by atoms with E-state index in [0.29, 0.717) is 5.82 Å². The van der Waals surface area contributed by atoms with Crippen molar-refractivity contribution in [3.8, 4) is 0 Å². The highest BCUT2D eigenvalue weighted by atomic mass is 79.9. The summed E-state index contributed by atoms with van der Waals surface area (Å²) >= 11 is 5.00. The van der Waals surface area contributed by atoms with Crippen LogP contribution in [0.15, 0.2) is 45.9 Å². The van der Waals surface area contributed by atoms with Crippen molar-refractivity contribution < 1.29 is 9.90 Å². The Kier molecular flexibility index (Phi) is 4.44. The second-order valence-corrected chi connectivity index (χ2v) is 5.72. The van der Waals surface area contributed by atoms with Crippen molar-refractivity contribution in [3.05, 3.63) is 52.1 Å². The molecule has 98 valence electrons. The zero-order valence-corrected chi connectivity index (χ0v) is 12.2. The summed E-state index contributed by atoms with van der Waals surface area (Å²) in [5, 5.41) is 8.89. The standard InChI is InChI=1S/C13H11BrN2O2S/c14-11-5-8(13(17)18)1-2-9(11)7-19-10-3-4-12(15)16-6-10/h1-6H,7H2,(H2,15,16)(H,17,18). The van der Waals surface area contributed by atoms with Crippen LogP contribution < -0.4 is 5.73 Å². The van der Waals surface area contributed by atoms with Gasteiger partial charge < -0.3 is 10.8 Å². The highest BCUT2D eigenvalue weighted by molar-refractivity contribution is 9.10. The van der Waals surface area contributed by atoms with E-state index in [1.54, 1.807) is 36.2 Å². The highest BCUT2D eigenvalue weighted by Gasteiger charge is 2.07. The van der Waals surface area contributed by atoms with E-state index < -0.39 is 5.97 Å². The zero-order valence-electron chi connectivity index (χ0n) is 9.84. The third kappa shape index (κ3) is 3.71. The minimum atomic E-state index is -0.928. The molecule has 4 nitrogen and oxygen atoms in total. The van der Waals surface area contributed by atoms with Gasteiger partial charge in [0.15, 0.2) is 0 Å². The van der Waals surface area contributed by atoms with Crippen molar-refractivity contribution in [1.29, 1.82) is 0 Å². The van der Waals surface area contributed by atoms with E-state index in [0.717, 1.165) is 20.7 Å². The number of halogens is 1. The molecule has 0 bridgehead atoms. The lowest BCUT2D eigenvalue weighted by molar-refractivity contribution is 0.0697. The number of hydrogen-bond acceptors (Lipinski definition) is 4. The summed E-state index contributed by atoms with van der Waals surface area (Å²) in [5.41, 5.74) is 6.83. The second kappa shape index (κ2) is 6.08. The number of benzene rings is 1. The van der Waals surface area contributed by atoms with E-state index in [-0.39, 0.29) is 5.56 Å². The third-order valence-corrected chi connectivity index (χ3v) is 4.22. The first-order valence-electron chi connectivity index (χ1n) is 5.42. The first-order valence-corrected chi connectivity index (χ1v) is 7.20. The average molecular weight is 339 g/mol. The average Bonchev–Trinajstić information content (AvgIpc) is 2.39. The Hall–Kier alpha value is -1.53. The quantitative estimate of drug-likeness (QED) is 0.835. The SMILES string of the molecule is Nc1ccc(SCc2ccc(C(=O)O)cc2Br)cn1. The summed E-state index contributed by atoms with van der Waals surface area (Å²) in [4.78, 5) is 15.9. The molecule has 0 aliphatic rings. The number of pyridine rings is 1. The summed E-state index contributed by atoms with van der Waals surface area (Å²) < 4.78 is 0.795. The lowest BCUT2D eigenvalue weighted by Gasteiger charge is -2.05. The Morgan fingerprint density at radius 1 is 1.37 bits per heavy atom. The third-order valence-electron chi connectivity index (χ3n) is 2.45. The van der Waals surface area contributed by atoms with E-state index in [9.17, 15) is 4.79 Å². The molecular formula is C13H11BrN2O2S. The van der Waals surface area contributed by atoms with Crippen LogP contribution in [0.4, 0.5) is 5.82 Å². The summed E-state index contributed by atoms with van der Waals surface area (Å²) in [7, 11) is 0. The molecule has 0 spiro atoms. The Balaban J connectivity index is 2.07. The number of carbonyl (C=O) groups is 1. The largest absolute Gasteiger partial charge is 0.478 e. The normalized spacial score (nSPS) is 10.4. The predicted molar refractivity (Wildman–Crippen MR) is 79.3 cm³/mol. The van der Waals surface area contributed by atoms with Gasteiger partial charge in [-0.25, -0.2) is 9.78 Å². The molecule has 0 amide bonds. The van der Waals surface area contributed by atoms with Crippen molar-refractivity contribution in [1.82, 2.24) is 4.98 Å². The maximum atomic E-state index is 10.8. The van der Waals surface area contributed by atoms with Crippen LogP contribution in [0.3, 0.4) is 0 Å². The van der Waals surface area contributed by atoms with Gasteiger partial charge in [-0.15, -0.1) is 11.8 Å². The fraction of sp³-hybridized carbons (Fsp3) is 0.0769. The number of aromatic carboxylic acids is 1. The van der Waals surface area contributed by atoms with Crippen molar-refractivity contribution in [3.63, 3.8) is 0 Å². The molecule has 0 saturated heterocycles. The van der Waals surface area contributed by atoms with E-state index in [4.69, 9.17) is 10.8 Å². The van der Waals surface area contributed by atoms with Gasteiger partial charge in [0.1, 0.15) is 5.82 Å². The minimum Gasteiger partial charge on any atom is -0.478 e. The van der Waals surface area contributed by atoms with Crippen LogP contribution in [-0.2, 0) is 5.75 Å². The predicted octanol–water partition coefficient (Wildman–Crippen LogP) is 3.42. The number of nitrogen functional groups attached to an aromatic ring is 1. The first kappa shape index (κ1) is 13.9. The maximum absolute atomic E-state index is 10.8. The Bertz CT molecular complexity index is 602. The van der Waals surface area contributed by atoms with E-state index >= 15 is 0 Å². The smallest absolute Gasteiger partial charge is 0.335 e. The second-order valence-electron chi connectivity index (χ2n) is 3.82. The van der Waals surface area contributed by atoms with Gasteiger partial charge in [-0.2, -0.15) is 0 Å². The summed E-state index contributed by atoms with van der Waals surface area (Å²) in [5.74, 6) is 0.297. The molecule has 0 unspecified atom stereocenters. The van der Waals surface area contributed by atoms with Gasteiger partial charge in [0.2, 0.25) is 0 Å². The molecule has 0 aliphatic heterocycles. The highest BCUT2D eigenvalue weighted by Crippen LogP contribution is 2.27. The van der Waals surface area contributed by atoms with Gasteiger partial charge in [0.05, 0.1) is 5.56 Å².